The Morgan fingerprint density at radius 1 is 1.32 bits per heavy atom. The van der Waals surface area contributed by atoms with Crippen LogP contribution >= 0.6 is 38.9 Å². The number of hydrogen-bond acceptors (Lipinski definition) is 2. The maximum Gasteiger partial charge on any atom is 0.127 e. The van der Waals surface area contributed by atoms with Crippen LogP contribution in [0.4, 0.5) is 0 Å². The first-order valence-electron chi connectivity index (χ1n) is 6.22. The van der Waals surface area contributed by atoms with Crippen molar-refractivity contribution in [2.24, 2.45) is 0 Å². The van der Waals surface area contributed by atoms with Gasteiger partial charge in [-0.25, -0.2) is 0 Å². The molecule has 100 valence electrons. The second kappa shape index (κ2) is 5.12. The van der Waals surface area contributed by atoms with Gasteiger partial charge in [0.15, 0.2) is 0 Å². The third-order valence-electron chi connectivity index (χ3n) is 3.49. The summed E-state index contributed by atoms with van der Waals surface area (Å²) >= 11 is 12.0. The number of benzene rings is 1. The number of ether oxygens (including phenoxy) is 1. The van der Waals surface area contributed by atoms with Gasteiger partial charge in [0.1, 0.15) is 5.75 Å². The molecule has 1 aliphatic heterocycles. The molecule has 0 bridgehead atoms. The lowest BCUT2D eigenvalue weighted by Crippen LogP contribution is -1.96. The number of halogens is 2. The van der Waals surface area contributed by atoms with Crippen LogP contribution < -0.4 is 4.74 Å². The van der Waals surface area contributed by atoms with Gasteiger partial charge >= 0.3 is 0 Å². The molecule has 0 spiro atoms. The molecule has 0 saturated carbocycles. The Bertz CT molecular complexity index is 616. The predicted octanol–water partition coefficient (Wildman–Crippen LogP) is 5.39. The highest BCUT2D eigenvalue weighted by Crippen LogP contribution is 2.43. The number of thiophene rings is 1. The molecule has 0 N–H and O–H groups in total. The minimum atomic E-state index is -0.137. The van der Waals surface area contributed by atoms with Crippen LogP contribution in [0.2, 0.25) is 0 Å². The lowest BCUT2D eigenvalue weighted by molar-refractivity contribution is 0.353. The molecule has 1 nitrogen and oxygen atoms in total. The summed E-state index contributed by atoms with van der Waals surface area (Å²) in [7, 11) is 0. The van der Waals surface area contributed by atoms with Gasteiger partial charge in [-0.2, -0.15) is 0 Å². The molecular formula is C15H14BrClOS. The van der Waals surface area contributed by atoms with Crippen molar-refractivity contribution in [2.75, 3.05) is 6.61 Å². The highest BCUT2D eigenvalue weighted by molar-refractivity contribution is 9.10. The zero-order chi connectivity index (χ0) is 13.6. The summed E-state index contributed by atoms with van der Waals surface area (Å²) in [5, 5.41) is -0.137. The van der Waals surface area contributed by atoms with Crippen LogP contribution in [0.5, 0.6) is 5.75 Å². The van der Waals surface area contributed by atoms with E-state index < -0.39 is 0 Å². The topological polar surface area (TPSA) is 9.23 Å². The fraction of sp³-hybridized carbons (Fsp3) is 0.333. The number of fused-ring (bicyclic) bond motifs is 1. The Kier molecular flexibility index (Phi) is 3.63. The molecule has 3 rings (SSSR count). The van der Waals surface area contributed by atoms with Crippen LogP contribution in [0.25, 0.3) is 0 Å². The summed E-state index contributed by atoms with van der Waals surface area (Å²) in [5.74, 6) is 0.979. The maximum absolute atomic E-state index is 6.68. The van der Waals surface area contributed by atoms with Crippen molar-refractivity contribution in [3.8, 4) is 5.75 Å². The number of rotatable bonds is 2. The van der Waals surface area contributed by atoms with E-state index in [0.717, 1.165) is 28.8 Å². The average molecular weight is 358 g/mol. The molecule has 0 radical (unpaired) electrons. The maximum atomic E-state index is 6.68. The molecule has 1 aliphatic rings. The first-order chi connectivity index (χ1) is 9.06. The normalized spacial score (nSPS) is 15.2. The lowest BCUT2D eigenvalue weighted by Gasteiger charge is -2.13. The Hall–Kier alpha value is -0.510. The van der Waals surface area contributed by atoms with Gasteiger partial charge in [0.05, 0.1) is 12.0 Å². The van der Waals surface area contributed by atoms with Crippen molar-refractivity contribution in [1.29, 1.82) is 0 Å². The van der Waals surface area contributed by atoms with E-state index in [4.69, 9.17) is 16.3 Å². The second-order valence-corrected chi connectivity index (χ2v) is 7.47. The zero-order valence-electron chi connectivity index (χ0n) is 10.8. The summed E-state index contributed by atoms with van der Waals surface area (Å²) in [6.07, 6.45) is 0.966. The van der Waals surface area contributed by atoms with Crippen LogP contribution in [-0.2, 0) is 6.42 Å². The number of aryl methyl sites for hydroxylation is 2. The molecule has 1 aromatic carbocycles. The molecule has 2 aromatic rings. The van der Waals surface area contributed by atoms with Crippen LogP contribution in [0, 0.1) is 13.8 Å². The quantitative estimate of drug-likeness (QED) is 0.655. The van der Waals surface area contributed by atoms with Crippen molar-refractivity contribution in [2.45, 2.75) is 25.6 Å². The first-order valence-corrected chi connectivity index (χ1v) is 8.27. The van der Waals surface area contributed by atoms with Crippen molar-refractivity contribution in [3.05, 3.63) is 49.1 Å². The molecule has 0 fully saturated rings. The average Bonchev–Trinajstić information content (AvgIpc) is 2.95. The molecule has 2 heterocycles. The summed E-state index contributed by atoms with van der Waals surface area (Å²) in [5.41, 5.74) is 3.63. The van der Waals surface area contributed by atoms with Crippen LogP contribution in [0.15, 0.2) is 22.7 Å². The van der Waals surface area contributed by atoms with Gasteiger partial charge in [-0.3, -0.25) is 0 Å². The third kappa shape index (κ3) is 2.44. The van der Waals surface area contributed by atoms with Gasteiger partial charge in [-0.05, 0) is 43.2 Å². The molecule has 0 aliphatic carbocycles. The minimum Gasteiger partial charge on any atom is -0.493 e. The van der Waals surface area contributed by atoms with Crippen molar-refractivity contribution >= 4 is 38.9 Å². The van der Waals surface area contributed by atoms with Crippen molar-refractivity contribution < 1.29 is 4.74 Å². The Balaban J connectivity index is 2.07. The van der Waals surface area contributed by atoms with Gasteiger partial charge < -0.3 is 4.74 Å². The third-order valence-corrected chi connectivity index (χ3v) is 5.76. The zero-order valence-corrected chi connectivity index (χ0v) is 14.0. The van der Waals surface area contributed by atoms with Crippen molar-refractivity contribution in [3.63, 3.8) is 0 Å². The molecular weight excluding hydrogens is 344 g/mol. The summed E-state index contributed by atoms with van der Waals surface area (Å²) in [6, 6.07) is 6.38. The smallest absolute Gasteiger partial charge is 0.127 e. The second-order valence-electron chi connectivity index (χ2n) is 4.83. The van der Waals surface area contributed by atoms with E-state index in [1.807, 2.05) is 0 Å². The van der Waals surface area contributed by atoms with Gasteiger partial charge in [0, 0.05) is 26.2 Å². The van der Waals surface area contributed by atoms with E-state index in [2.05, 4.69) is 48.0 Å². The summed E-state index contributed by atoms with van der Waals surface area (Å²) in [6.45, 7) is 5.01. The number of alkyl halides is 1. The summed E-state index contributed by atoms with van der Waals surface area (Å²) in [4.78, 5) is 2.51. The highest BCUT2D eigenvalue weighted by Gasteiger charge is 2.24. The van der Waals surface area contributed by atoms with Gasteiger partial charge in [-0.15, -0.1) is 22.9 Å². The SMILES string of the molecule is Cc1cc(C(Cl)c2cc(Br)cc3c2OCC3)sc1C. The van der Waals surface area contributed by atoms with E-state index in [0.29, 0.717) is 0 Å². The minimum absolute atomic E-state index is 0.137. The van der Waals surface area contributed by atoms with Crippen molar-refractivity contribution in [1.82, 2.24) is 0 Å². The van der Waals surface area contributed by atoms with Gasteiger partial charge in [0.25, 0.3) is 0 Å². The number of hydrogen-bond donors (Lipinski definition) is 0. The van der Waals surface area contributed by atoms with E-state index >= 15 is 0 Å². The molecule has 0 amide bonds. The van der Waals surface area contributed by atoms with Crippen LogP contribution in [0.3, 0.4) is 0 Å². The standard InChI is InChI=1S/C15H14BrClOS/c1-8-5-13(19-9(8)2)14(17)12-7-11(16)6-10-3-4-18-15(10)12/h5-7,14H,3-4H2,1-2H3. The molecule has 1 unspecified atom stereocenters. The highest BCUT2D eigenvalue weighted by atomic mass is 79.9. The lowest BCUT2D eigenvalue weighted by atomic mass is 10.0. The molecule has 1 atom stereocenters. The fourth-order valence-electron chi connectivity index (χ4n) is 2.37. The van der Waals surface area contributed by atoms with Gasteiger partial charge in [0.2, 0.25) is 0 Å². The largest absolute Gasteiger partial charge is 0.493 e. The first kappa shape index (κ1) is 13.5. The fourth-order valence-corrected chi connectivity index (χ4v) is 4.29. The van der Waals surface area contributed by atoms with E-state index in [-0.39, 0.29) is 5.38 Å². The molecule has 19 heavy (non-hydrogen) atoms. The Morgan fingerprint density at radius 2 is 2.11 bits per heavy atom. The summed E-state index contributed by atoms with van der Waals surface area (Å²) < 4.78 is 6.84. The van der Waals surface area contributed by atoms with E-state index in [9.17, 15) is 0 Å². The molecule has 4 heteroatoms. The Labute approximate surface area is 130 Å². The van der Waals surface area contributed by atoms with E-state index in [1.54, 1.807) is 11.3 Å². The Morgan fingerprint density at radius 3 is 2.79 bits per heavy atom. The van der Waals surface area contributed by atoms with E-state index in [1.165, 1.54) is 20.9 Å². The van der Waals surface area contributed by atoms with Gasteiger partial charge in [-0.1, -0.05) is 15.9 Å². The molecule has 0 saturated heterocycles. The van der Waals surface area contributed by atoms with Crippen LogP contribution in [0.1, 0.15) is 31.8 Å². The monoisotopic (exact) mass is 356 g/mol. The van der Waals surface area contributed by atoms with Crippen LogP contribution in [-0.4, -0.2) is 6.61 Å². The predicted molar refractivity (Wildman–Crippen MR) is 84.8 cm³/mol. The molecule has 1 aromatic heterocycles.